The lowest BCUT2D eigenvalue weighted by Gasteiger charge is -2.11. The molecule has 0 atom stereocenters. The van der Waals surface area contributed by atoms with Gasteiger partial charge in [-0.1, -0.05) is 29.4 Å². The molecule has 0 bridgehead atoms. The number of carbonyl (C=O) groups excluding carboxylic acids is 1. The SMILES string of the molecule is C=CCn1c(SCC(=O)Nc2cc(Cl)ccc2OC)nnc1-c1ccc(OC(F)F)cc1. The number of aromatic nitrogens is 3. The predicted molar refractivity (Wildman–Crippen MR) is 120 cm³/mol. The fourth-order valence-corrected chi connectivity index (χ4v) is 3.70. The van der Waals surface area contributed by atoms with Gasteiger partial charge in [0.05, 0.1) is 18.6 Å². The van der Waals surface area contributed by atoms with E-state index in [1.807, 2.05) is 0 Å². The van der Waals surface area contributed by atoms with Crippen molar-refractivity contribution in [1.29, 1.82) is 0 Å². The second-order valence-electron chi connectivity index (χ2n) is 6.29. The molecule has 168 valence electrons. The van der Waals surface area contributed by atoms with Gasteiger partial charge in [0.1, 0.15) is 11.5 Å². The fourth-order valence-electron chi connectivity index (χ4n) is 2.78. The molecule has 0 spiro atoms. The minimum absolute atomic E-state index is 0.0428. The van der Waals surface area contributed by atoms with Gasteiger partial charge in [-0.15, -0.1) is 16.8 Å². The summed E-state index contributed by atoms with van der Waals surface area (Å²) in [6, 6.07) is 11.0. The smallest absolute Gasteiger partial charge is 0.387 e. The first-order chi connectivity index (χ1) is 15.4. The highest BCUT2D eigenvalue weighted by atomic mass is 35.5. The van der Waals surface area contributed by atoms with Gasteiger partial charge in [0.25, 0.3) is 0 Å². The molecule has 3 rings (SSSR count). The molecule has 0 saturated heterocycles. The van der Waals surface area contributed by atoms with Crippen LogP contribution in [0.3, 0.4) is 0 Å². The van der Waals surface area contributed by atoms with E-state index in [9.17, 15) is 13.6 Å². The Labute approximate surface area is 192 Å². The Morgan fingerprint density at radius 2 is 2.03 bits per heavy atom. The standard InChI is InChI=1S/C21H19ClF2N4O3S/c1-3-10-28-19(13-4-7-15(8-5-13)31-20(23)24)26-27-21(28)32-12-18(29)25-16-11-14(22)6-9-17(16)30-2/h3-9,11,20H,1,10,12H2,2H3,(H,25,29). The maximum atomic E-state index is 12.5. The van der Waals surface area contributed by atoms with Crippen molar-refractivity contribution in [2.45, 2.75) is 18.3 Å². The number of allylic oxidation sites excluding steroid dienone is 1. The van der Waals surface area contributed by atoms with Gasteiger partial charge < -0.3 is 14.8 Å². The Kier molecular flexibility index (Phi) is 8.07. The molecular formula is C21H19ClF2N4O3S. The van der Waals surface area contributed by atoms with Crippen LogP contribution in [0.2, 0.25) is 5.02 Å². The van der Waals surface area contributed by atoms with Gasteiger partial charge in [-0.2, -0.15) is 8.78 Å². The summed E-state index contributed by atoms with van der Waals surface area (Å²) in [5.41, 5.74) is 1.12. The maximum absolute atomic E-state index is 12.5. The Morgan fingerprint density at radius 3 is 2.69 bits per heavy atom. The highest BCUT2D eigenvalue weighted by Gasteiger charge is 2.16. The maximum Gasteiger partial charge on any atom is 0.387 e. The van der Waals surface area contributed by atoms with E-state index in [1.54, 1.807) is 41.0 Å². The lowest BCUT2D eigenvalue weighted by molar-refractivity contribution is -0.113. The van der Waals surface area contributed by atoms with Crippen LogP contribution >= 0.6 is 23.4 Å². The highest BCUT2D eigenvalue weighted by molar-refractivity contribution is 7.99. The number of hydrogen-bond acceptors (Lipinski definition) is 6. The van der Waals surface area contributed by atoms with Crippen LogP contribution in [0.25, 0.3) is 11.4 Å². The van der Waals surface area contributed by atoms with Gasteiger partial charge in [-0.05, 0) is 42.5 Å². The summed E-state index contributed by atoms with van der Waals surface area (Å²) in [7, 11) is 1.50. The number of rotatable bonds is 10. The van der Waals surface area contributed by atoms with Crippen molar-refractivity contribution in [3.8, 4) is 22.9 Å². The molecular weight excluding hydrogens is 462 g/mol. The van der Waals surface area contributed by atoms with Gasteiger partial charge >= 0.3 is 6.61 Å². The van der Waals surface area contributed by atoms with Crippen molar-refractivity contribution in [2.75, 3.05) is 18.2 Å². The average Bonchev–Trinajstić information content (AvgIpc) is 3.15. The van der Waals surface area contributed by atoms with Gasteiger partial charge in [-0.25, -0.2) is 0 Å². The molecule has 0 saturated carbocycles. The quantitative estimate of drug-likeness (QED) is 0.320. The van der Waals surface area contributed by atoms with Crippen molar-refractivity contribution < 1.29 is 23.0 Å². The molecule has 3 aromatic rings. The van der Waals surface area contributed by atoms with Crippen LogP contribution < -0.4 is 14.8 Å². The Morgan fingerprint density at radius 1 is 1.28 bits per heavy atom. The molecule has 0 aliphatic rings. The summed E-state index contributed by atoms with van der Waals surface area (Å²) in [6.07, 6.45) is 1.67. The molecule has 2 aromatic carbocycles. The molecule has 0 aliphatic carbocycles. The first-order valence-corrected chi connectivity index (χ1v) is 10.6. The van der Waals surface area contributed by atoms with Crippen molar-refractivity contribution in [3.63, 3.8) is 0 Å². The molecule has 1 N–H and O–H groups in total. The number of amides is 1. The largest absolute Gasteiger partial charge is 0.495 e. The van der Waals surface area contributed by atoms with Crippen LogP contribution in [-0.4, -0.2) is 40.1 Å². The number of thioether (sulfide) groups is 1. The van der Waals surface area contributed by atoms with Crippen LogP contribution in [0.15, 0.2) is 60.3 Å². The van der Waals surface area contributed by atoms with Crippen LogP contribution in [-0.2, 0) is 11.3 Å². The lowest BCUT2D eigenvalue weighted by Crippen LogP contribution is -2.15. The van der Waals surface area contributed by atoms with E-state index in [1.165, 1.54) is 31.0 Å². The molecule has 0 aliphatic heterocycles. The molecule has 0 radical (unpaired) electrons. The summed E-state index contributed by atoms with van der Waals surface area (Å²) < 4.78 is 36.1. The lowest BCUT2D eigenvalue weighted by atomic mass is 10.2. The molecule has 0 fully saturated rings. The first-order valence-electron chi connectivity index (χ1n) is 9.26. The van der Waals surface area contributed by atoms with Gasteiger partial charge in [-0.3, -0.25) is 9.36 Å². The van der Waals surface area contributed by atoms with Crippen LogP contribution in [0, 0.1) is 0 Å². The molecule has 11 heteroatoms. The third-order valence-corrected chi connectivity index (χ3v) is 5.34. The number of nitrogens with one attached hydrogen (secondary N) is 1. The number of benzene rings is 2. The zero-order chi connectivity index (χ0) is 23.1. The third-order valence-electron chi connectivity index (χ3n) is 4.13. The topological polar surface area (TPSA) is 78.3 Å². The monoisotopic (exact) mass is 480 g/mol. The van der Waals surface area contributed by atoms with E-state index < -0.39 is 6.61 Å². The third kappa shape index (κ3) is 5.98. The minimum Gasteiger partial charge on any atom is -0.495 e. The summed E-state index contributed by atoms with van der Waals surface area (Å²) >= 11 is 7.18. The number of methoxy groups -OCH3 is 1. The van der Waals surface area contributed by atoms with E-state index in [-0.39, 0.29) is 17.4 Å². The number of halogens is 3. The van der Waals surface area contributed by atoms with Crippen molar-refractivity contribution >= 4 is 35.0 Å². The molecule has 1 amide bonds. The van der Waals surface area contributed by atoms with Crippen molar-refractivity contribution in [2.24, 2.45) is 0 Å². The number of hydrogen-bond donors (Lipinski definition) is 1. The van der Waals surface area contributed by atoms with Gasteiger partial charge in [0.2, 0.25) is 5.91 Å². The van der Waals surface area contributed by atoms with Crippen LogP contribution in [0.4, 0.5) is 14.5 Å². The van der Waals surface area contributed by atoms with Crippen molar-refractivity contribution in [3.05, 3.63) is 60.1 Å². The number of nitrogens with zero attached hydrogens (tertiary/aromatic N) is 3. The average molecular weight is 481 g/mol. The van der Waals surface area contributed by atoms with E-state index in [0.29, 0.717) is 39.5 Å². The van der Waals surface area contributed by atoms with Crippen LogP contribution in [0.5, 0.6) is 11.5 Å². The summed E-state index contributed by atoms with van der Waals surface area (Å²) in [5, 5.41) is 12.1. The Hall–Kier alpha value is -3.11. The molecule has 1 heterocycles. The zero-order valence-corrected chi connectivity index (χ0v) is 18.5. The second-order valence-corrected chi connectivity index (χ2v) is 7.67. The van der Waals surface area contributed by atoms with Gasteiger partial charge in [0.15, 0.2) is 11.0 Å². The summed E-state index contributed by atoms with van der Waals surface area (Å²) in [5.74, 6) is 0.823. The Bertz CT molecular complexity index is 1090. The van der Waals surface area contributed by atoms with E-state index >= 15 is 0 Å². The minimum atomic E-state index is -2.90. The van der Waals surface area contributed by atoms with E-state index in [0.717, 1.165) is 0 Å². The zero-order valence-electron chi connectivity index (χ0n) is 16.9. The number of anilines is 1. The Balaban J connectivity index is 1.72. The van der Waals surface area contributed by atoms with Crippen LogP contribution in [0.1, 0.15) is 0 Å². The number of carbonyl (C=O) groups is 1. The molecule has 7 nitrogen and oxygen atoms in total. The van der Waals surface area contributed by atoms with Gasteiger partial charge in [0, 0.05) is 17.1 Å². The van der Waals surface area contributed by atoms with E-state index in [4.69, 9.17) is 16.3 Å². The van der Waals surface area contributed by atoms with E-state index in [2.05, 4.69) is 26.8 Å². The normalized spacial score (nSPS) is 10.8. The molecule has 32 heavy (non-hydrogen) atoms. The first kappa shape index (κ1) is 23.6. The fraction of sp³-hybridized carbons (Fsp3) is 0.190. The number of alkyl halides is 2. The molecule has 1 aromatic heterocycles. The second kappa shape index (κ2) is 11.0. The molecule has 0 unspecified atom stereocenters. The van der Waals surface area contributed by atoms with Crippen molar-refractivity contribution in [1.82, 2.24) is 14.8 Å². The number of ether oxygens (including phenoxy) is 2. The predicted octanol–water partition coefficient (Wildman–Crippen LogP) is 5.13. The highest BCUT2D eigenvalue weighted by Crippen LogP contribution is 2.29. The summed E-state index contributed by atoms with van der Waals surface area (Å²) in [6.45, 7) is 1.24. The summed E-state index contributed by atoms with van der Waals surface area (Å²) in [4.78, 5) is 12.5.